The predicted octanol–water partition coefficient (Wildman–Crippen LogP) is 3.77. The number of ether oxygens (including phenoxy) is 1. The topological polar surface area (TPSA) is 64.4 Å². The number of primary amides is 1. The van der Waals surface area contributed by atoms with Crippen LogP contribution in [0.4, 0.5) is 4.39 Å². The first-order chi connectivity index (χ1) is 12.5. The summed E-state index contributed by atoms with van der Waals surface area (Å²) >= 11 is 6.14. The normalized spacial score (nSPS) is 25.8. The number of carbonyl (C=O) groups excluding carboxylic acids is 1. The molecule has 2 aliphatic rings. The molecule has 144 valence electrons. The smallest absolute Gasteiger partial charge is 0.237 e. The minimum absolute atomic E-state index is 0.273. The van der Waals surface area contributed by atoms with E-state index in [0.717, 1.165) is 44.2 Å². The monoisotopic (exact) mass is 382 g/mol. The fraction of sp³-hybridized carbons (Fsp3) is 0.650. The molecule has 0 spiro atoms. The number of amides is 1. The van der Waals surface area contributed by atoms with Crippen molar-refractivity contribution < 1.29 is 13.9 Å². The lowest BCUT2D eigenvalue weighted by atomic mass is 9.77. The second kappa shape index (κ2) is 8.68. The lowest BCUT2D eigenvalue weighted by Crippen LogP contribution is -2.58. The average Bonchev–Trinajstić information content (AvgIpc) is 2.65. The van der Waals surface area contributed by atoms with Crippen molar-refractivity contribution in [3.63, 3.8) is 0 Å². The van der Waals surface area contributed by atoms with Crippen molar-refractivity contribution in [2.75, 3.05) is 19.8 Å². The zero-order valence-electron chi connectivity index (χ0n) is 15.1. The zero-order valence-corrected chi connectivity index (χ0v) is 15.9. The fourth-order valence-electron chi connectivity index (χ4n) is 4.34. The number of hydrogen-bond acceptors (Lipinski definition) is 3. The molecule has 1 saturated heterocycles. The van der Waals surface area contributed by atoms with Crippen LogP contribution in [0.1, 0.15) is 56.4 Å². The SMILES string of the molecule is NC(=O)C1(NCC[C@H]2CC[C@@H](c3cccc(F)c3Cl)CC2)CCOCC1. The molecule has 1 aromatic carbocycles. The van der Waals surface area contributed by atoms with Crippen LogP contribution in [0, 0.1) is 11.7 Å². The molecule has 3 rings (SSSR count). The van der Waals surface area contributed by atoms with Gasteiger partial charge in [0.05, 0.1) is 5.02 Å². The van der Waals surface area contributed by atoms with Gasteiger partial charge in [-0.25, -0.2) is 4.39 Å². The molecule has 3 N–H and O–H groups in total. The lowest BCUT2D eigenvalue weighted by molar-refractivity contribution is -0.128. The largest absolute Gasteiger partial charge is 0.381 e. The van der Waals surface area contributed by atoms with E-state index in [2.05, 4.69) is 5.32 Å². The molecule has 1 heterocycles. The maximum Gasteiger partial charge on any atom is 0.237 e. The van der Waals surface area contributed by atoms with Crippen molar-refractivity contribution in [1.29, 1.82) is 0 Å². The Bertz CT molecular complexity index is 626. The van der Waals surface area contributed by atoms with Crippen molar-refractivity contribution in [1.82, 2.24) is 5.32 Å². The van der Waals surface area contributed by atoms with Crippen molar-refractivity contribution in [2.24, 2.45) is 11.7 Å². The summed E-state index contributed by atoms with van der Waals surface area (Å²) in [5.41, 5.74) is 5.97. The number of nitrogens with one attached hydrogen (secondary N) is 1. The summed E-state index contributed by atoms with van der Waals surface area (Å²) in [4.78, 5) is 11.9. The van der Waals surface area contributed by atoms with E-state index in [-0.39, 0.29) is 16.7 Å². The molecule has 4 nitrogen and oxygen atoms in total. The van der Waals surface area contributed by atoms with E-state index in [1.54, 1.807) is 6.07 Å². The van der Waals surface area contributed by atoms with Crippen LogP contribution in [0.2, 0.25) is 5.02 Å². The van der Waals surface area contributed by atoms with E-state index in [9.17, 15) is 9.18 Å². The van der Waals surface area contributed by atoms with Crippen molar-refractivity contribution >= 4 is 17.5 Å². The summed E-state index contributed by atoms with van der Waals surface area (Å²) in [6.45, 7) is 1.95. The molecular weight excluding hydrogens is 355 g/mol. The molecule has 26 heavy (non-hydrogen) atoms. The molecule has 0 radical (unpaired) electrons. The molecule has 1 aliphatic carbocycles. The summed E-state index contributed by atoms with van der Waals surface area (Å²) < 4.78 is 19.0. The third-order valence-electron chi connectivity index (χ3n) is 6.10. The molecule has 0 bridgehead atoms. The van der Waals surface area contributed by atoms with Crippen LogP contribution in [-0.4, -0.2) is 31.2 Å². The molecular formula is C20H28ClFN2O2. The van der Waals surface area contributed by atoms with Crippen LogP contribution in [0.5, 0.6) is 0 Å². The molecule has 6 heteroatoms. The Morgan fingerprint density at radius 3 is 2.62 bits per heavy atom. The second-order valence-corrected chi connectivity index (χ2v) is 8.01. The standard InChI is InChI=1S/C20H28ClFN2O2/c21-18-16(2-1-3-17(18)22)15-6-4-14(5-7-15)8-11-24-20(19(23)25)9-12-26-13-10-20/h1-3,14-15,24H,4-13H2,(H2,23,25)/t14-,15+. The molecule has 1 saturated carbocycles. The molecule has 1 aliphatic heterocycles. The highest BCUT2D eigenvalue weighted by atomic mass is 35.5. The summed E-state index contributed by atoms with van der Waals surface area (Å²) in [7, 11) is 0. The molecule has 0 unspecified atom stereocenters. The van der Waals surface area contributed by atoms with Gasteiger partial charge in [0.15, 0.2) is 0 Å². The van der Waals surface area contributed by atoms with Crippen LogP contribution in [0.25, 0.3) is 0 Å². The van der Waals surface area contributed by atoms with Gasteiger partial charge in [0.2, 0.25) is 5.91 Å². The van der Waals surface area contributed by atoms with Crippen LogP contribution < -0.4 is 11.1 Å². The van der Waals surface area contributed by atoms with Crippen molar-refractivity contribution in [3.8, 4) is 0 Å². The highest BCUT2D eigenvalue weighted by Crippen LogP contribution is 2.40. The average molecular weight is 383 g/mol. The van der Waals surface area contributed by atoms with E-state index in [0.29, 0.717) is 37.9 Å². The Hall–Kier alpha value is -1.17. The van der Waals surface area contributed by atoms with Gasteiger partial charge >= 0.3 is 0 Å². The number of hydrogen-bond donors (Lipinski definition) is 2. The maximum absolute atomic E-state index is 13.7. The minimum atomic E-state index is -0.607. The Morgan fingerprint density at radius 1 is 1.27 bits per heavy atom. The first-order valence-electron chi connectivity index (χ1n) is 9.58. The van der Waals surface area contributed by atoms with Gasteiger partial charge in [-0.15, -0.1) is 0 Å². The molecule has 0 aromatic heterocycles. The molecule has 1 amide bonds. The number of nitrogens with two attached hydrogens (primary N) is 1. The van der Waals surface area contributed by atoms with Gasteiger partial charge in [-0.05, 0) is 75.0 Å². The Kier molecular flexibility index (Phi) is 6.54. The first kappa shape index (κ1) is 19.6. The summed E-state index contributed by atoms with van der Waals surface area (Å²) in [6, 6.07) is 5.09. The number of benzene rings is 1. The third kappa shape index (κ3) is 4.38. The van der Waals surface area contributed by atoms with Crippen molar-refractivity contribution in [3.05, 3.63) is 34.6 Å². The van der Waals surface area contributed by atoms with Crippen LogP contribution >= 0.6 is 11.6 Å². The summed E-state index contributed by atoms with van der Waals surface area (Å²) in [5.74, 6) is 0.361. The van der Waals surface area contributed by atoms with Crippen LogP contribution in [0.3, 0.4) is 0 Å². The highest BCUT2D eigenvalue weighted by Gasteiger charge is 2.38. The Balaban J connectivity index is 1.47. The van der Waals surface area contributed by atoms with Crippen LogP contribution in [-0.2, 0) is 9.53 Å². The number of halogens is 2. The van der Waals surface area contributed by atoms with Gasteiger partial charge in [-0.2, -0.15) is 0 Å². The Labute approximate surface area is 159 Å². The zero-order chi connectivity index (χ0) is 18.6. The Morgan fingerprint density at radius 2 is 1.96 bits per heavy atom. The van der Waals surface area contributed by atoms with E-state index < -0.39 is 5.54 Å². The molecule has 2 fully saturated rings. The van der Waals surface area contributed by atoms with Gasteiger partial charge in [-0.3, -0.25) is 4.79 Å². The van der Waals surface area contributed by atoms with Gasteiger partial charge in [0.25, 0.3) is 0 Å². The maximum atomic E-state index is 13.7. The minimum Gasteiger partial charge on any atom is -0.381 e. The van der Waals surface area contributed by atoms with E-state index >= 15 is 0 Å². The van der Waals surface area contributed by atoms with Gasteiger partial charge in [-0.1, -0.05) is 23.7 Å². The quantitative estimate of drug-likeness (QED) is 0.787. The molecule has 1 aromatic rings. The predicted molar refractivity (Wildman–Crippen MR) is 101 cm³/mol. The number of carbonyl (C=O) groups is 1. The summed E-state index contributed by atoms with van der Waals surface area (Å²) in [5, 5.41) is 3.69. The van der Waals surface area contributed by atoms with E-state index in [1.807, 2.05) is 6.07 Å². The lowest BCUT2D eigenvalue weighted by Gasteiger charge is -2.36. The fourth-order valence-corrected chi connectivity index (χ4v) is 4.62. The van der Waals surface area contributed by atoms with Crippen molar-refractivity contribution in [2.45, 2.75) is 56.4 Å². The van der Waals surface area contributed by atoms with Crippen LogP contribution in [0.15, 0.2) is 18.2 Å². The van der Waals surface area contributed by atoms with E-state index in [4.69, 9.17) is 22.1 Å². The highest BCUT2D eigenvalue weighted by molar-refractivity contribution is 6.31. The van der Waals surface area contributed by atoms with Gasteiger partial charge in [0, 0.05) is 13.2 Å². The third-order valence-corrected chi connectivity index (χ3v) is 6.50. The van der Waals surface area contributed by atoms with Gasteiger partial charge < -0.3 is 15.8 Å². The summed E-state index contributed by atoms with van der Waals surface area (Å²) in [6.07, 6.45) is 6.59. The van der Waals surface area contributed by atoms with E-state index in [1.165, 1.54) is 6.07 Å². The second-order valence-electron chi connectivity index (χ2n) is 7.63. The first-order valence-corrected chi connectivity index (χ1v) is 9.96. The molecule has 0 atom stereocenters. The number of rotatable bonds is 6. The van der Waals surface area contributed by atoms with Gasteiger partial charge in [0.1, 0.15) is 11.4 Å².